The Morgan fingerprint density at radius 3 is 2.60 bits per heavy atom. The van der Waals surface area contributed by atoms with Crippen molar-refractivity contribution in [1.82, 2.24) is 15.0 Å². The van der Waals surface area contributed by atoms with E-state index in [1.165, 1.54) is 0 Å². The summed E-state index contributed by atoms with van der Waals surface area (Å²) >= 11 is 0. The SMILES string of the molecule is CCC(C)C(=O)Nc1cccc(CNC(=O)c2cc(C)n(-c3cc(C)on3)c2C)c1. The van der Waals surface area contributed by atoms with Gasteiger partial charge in [0.2, 0.25) is 5.91 Å². The molecule has 158 valence electrons. The minimum absolute atomic E-state index is 0.00535. The minimum Gasteiger partial charge on any atom is -0.360 e. The molecule has 7 nitrogen and oxygen atoms in total. The third-order valence-corrected chi connectivity index (χ3v) is 5.23. The van der Waals surface area contributed by atoms with E-state index >= 15 is 0 Å². The fourth-order valence-corrected chi connectivity index (χ4v) is 3.29. The van der Waals surface area contributed by atoms with Crippen LogP contribution in [-0.2, 0) is 11.3 Å². The van der Waals surface area contributed by atoms with Gasteiger partial charge in [-0.3, -0.25) is 14.2 Å². The Kier molecular flexibility index (Phi) is 6.40. The van der Waals surface area contributed by atoms with Gasteiger partial charge in [0.1, 0.15) is 5.76 Å². The van der Waals surface area contributed by atoms with Gasteiger partial charge in [-0.25, -0.2) is 0 Å². The standard InChI is InChI=1S/C23H28N4O3/c1-6-14(2)22(28)25-19-9-7-8-18(12-19)13-24-23(29)20-10-15(3)27(17(20)5)21-11-16(4)30-26-21/h7-12,14H,6,13H2,1-5H3,(H,24,29)(H,25,28). The number of nitrogens with zero attached hydrogens (tertiary/aromatic N) is 2. The fourth-order valence-electron chi connectivity index (χ4n) is 3.29. The minimum atomic E-state index is -0.163. The van der Waals surface area contributed by atoms with Crippen LogP contribution in [-0.4, -0.2) is 21.5 Å². The zero-order valence-electron chi connectivity index (χ0n) is 18.1. The van der Waals surface area contributed by atoms with Gasteiger partial charge in [0.05, 0.1) is 5.56 Å². The Hall–Kier alpha value is -3.35. The molecule has 3 rings (SSSR count). The molecule has 0 aliphatic rings. The molecule has 2 N–H and O–H groups in total. The molecule has 0 saturated heterocycles. The molecule has 0 radical (unpaired) electrons. The monoisotopic (exact) mass is 408 g/mol. The zero-order chi connectivity index (χ0) is 21.8. The highest BCUT2D eigenvalue weighted by Gasteiger charge is 2.18. The molecule has 0 fully saturated rings. The van der Waals surface area contributed by atoms with Crippen LogP contribution in [0.25, 0.3) is 5.82 Å². The first-order valence-electron chi connectivity index (χ1n) is 10.1. The number of benzene rings is 1. The van der Waals surface area contributed by atoms with Gasteiger partial charge in [0, 0.05) is 35.6 Å². The molecule has 1 unspecified atom stereocenters. The van der Waals surface area contributed by atoms with Crippen LogP contribution in [0.3, 0.4) is 0 Å². The van der Waals surface area contributed by atoms with Crippen LogP contribution in [0.2, 0.25) is 0 Å². The highest BCUT2D eigenvalue weighted by Crippen LogP contribution is 2.21. The average Bonchev–Trinajstić information content (AvgIpc) is 3.27. The second kappa shape index (κ2) is 8.98. The van der Waals surface area contributed by atoms with Crippen LogP contribution in [0.4, 0.5) is 5.69 Å². The van der Waals surface area contributed by atoms with Crippen LogP contribution in [0.15, 0.2) is 40.9 Å². The van der Waals surface area contributed by atoms with E-state index in [1.54, 1.807) is 0 Å². The summed E-state index contributed by atoms with van der Waals surface area (Å²) in [6.07, 6.45) is 0.786. The van der Waals surface area contributed by atoms with Crippen LogP contribution in [0.5, 0.6) is 0 Å². The largest absolute Gasteiger partial charge is 0.360 e. The van der Waals surface area contributed by atoms with Crippen molar-refractivity contribution in [1.29, 1.82) is 0 Å². The fraction of sp³-hybridized carbons (Fsp3) is 0.348. The maximum absolute atomic E-state index is 12.8. The zero-order valence-corrected chi connectivity index (χ0v) is 18.1. The number of anilines is 1. The van der Waals surface area contributed by atoms with Crippen molar-refractivity contribution in [3.63, 3.8) is 0 Å². The van der Waals surface area contributed by atoms with E-state index in [0.29, 0.717) is 23.7 Å². The smallest absolute Gasteiger partial charge is 0.253 e. The number of amides is 2. The maximum atomic E-state index is 12.8. The predicted octanol–water partition coefficient (Wildman–Crippen LogP) is 4.31. The summed E-state index contributed by atoms with van der Waals surface area (Å²) < 4.78 is 7.06. The third-order valence-electron chi connectivity index (χ3n) is 5.23. The molecule has 1 aromatic carbocycles. The highest BCUT2D eigenvalue weighted by atomic mass is 16.5. The van der Waals surface area contributed by atoms with Crippen molar-refractivity contribution in [3.8, 4) is 5.82 Å². The lowest BCUT2D eigenvalue weighted by atomic mass is 10.1. The van der Waals surface area contributed by atoms with Gasteiger partial charge < -0.3 is 15.2 Å². The van der Waals surface area contributed by atoms with Gasteiger partial charge in [-0.15, -0.1) is 0 Å². The van der Waals surface area contributed by atoms with E-state index in [9.17, 15) is 9.59 Å². The Balaban J connectivity index is 1.69. The number of hydrogen-bond donors (Lipinski definition) is 2. The quantitative estimate of drug-likeness (QED) is 0.610. The van der Waals surface area contributed by atoms with Crippen molar-refractivity contribution in [2.45, 2.75) is 47.6 Å². The Morgan fingerprint density at radius 2 is 1.93 bits per heavy atom. The van der Waals surface area contributed by atoms with Crippen molar-refractivity contribution in [2.75, 3.05) is 5.32 Å². The molecule has 1 atom stereocenters. The molecule has 30 heavy (non-hydrogen) atoms. The van der Waals surface area contributed by atoms with Crippen molar-refractivity contribution in [2.24, 2.45) is 5.92 Å². The first-order valence-corrected chi connectivity index (χ1v) is 10.1. The second-order valence-corrected chi connectivity index (χ2v) is 7.60. The van der Waals surface area contributed by atoms with Crippen LogP contribution in [0.1, 0.15) is 53.3 Å². The van der Waals surface area contributed by atoms with E-state index in [0.717, 1.165) is 29.1 Å². The molecule has 0 saturated carbocycles. The van der Waals surface area contributed by atoms with Crippen LogP contribution < -0.4 is 10.6 Å². The number of aromatic nitrogens is 2. The number of aryl methyl sites for hydroxylation is 2. The second-order valence-electron chi connectivity index (χ2n) is 7.60. The first-order chi connectivity index (χ1) is 14.3. The molecule has 0 aliphatic heterocycles. The molecular formula is C23H28N4O3. The van der Waals surface area contributed by atoms with E-state index in [2.05, 4.69) is 15.8 Å². The van der Waals surface area contributed by atoms with Crippen molar-refractivity contribution < 1.29 is 14.1 Å². The van der Waals surface area contributed by atoms with Gasteiger partial charge in [-0.05, 0) is 51.0 Å². The van der Waals surface area contributed by atoms with Gasteiger partial charge in [-0.2, -0.15) is 0 Å². The molecule has 2 aromatic heterocycles. The number of hydrogen-bond acceptors (Lipinski definition) is 4. The Labute approximate surface area is 176 Å². The summed E-state index contributed by atoms with van der Waals surface area (Å²) in [7, 11) is 0. The summed E-state index contributed by atoms with van der Waals surface area (Å²) in [4.78, 5) is 24.9. The summed E-state index contributed by atoms with van der Waals surface area (Å²) in [5, 5.41) is 9.93. The summed E-state index contributed by atoms with van der Waals surface area (Å²) in [6, 6.07) is 11.2. The number of carbonyl (C=O) groups is 2. The normalized spacial score (nSPS) is 11.9. The molecular weight excluding hydrogens is 380 g/mol. The number of carbonyl (C=O) groups excluding carboxylic acids is 2. The highest BCUT2D eigenvalue weighted by molar-refractivity contribution is 5.96. The third kappa shape index (κ3) is 4.62. The molecule has 2 amide bonds. The lowest BCUT2D eigenvalue weighted by Gasteiger charge is -2.11. The van der Waals surface area contributed by atoms with Crippen molar-refractivity contribution in [3.05, 3.63) is 64.7 Å². The molecule has 0 spiro atoms. The lowest BCUT2D eigenvalue weighted by Crippen LogP contribution is -2.23. The summed E-state index contributed by atoms with van der Waals surface area (Å²) in [5.41, 5.74) is 3.93. The van der Waals surface area contributed by atoms with Gasteiger partial charge >= 0.3 is 0 Å². The Bertz CT molecular complexity index is 1060. The van der Waals surface area contributed by atoms with E-state index < -0.39 is 0 Å². The molecule has 0 aliphatic carbocycles. The average molecular weight is 409 g/mol. The van der Waals surface area contributed by atoms with E-state index in [1.807, 2.05) is 75.6 Å². The van der Waals surface area contributed by atoms with Crippen LogP contribution >= 0.6 is 0 Å². The molecule has 0 bridgehead atoms. The number of nitrogens with one attached hydrogen (secondary N) is 2. The Morgan fingerprint density at radius 1 is 1.17 bits per heavy atom. The van der Waals surface area contributed by atoms with E-state index in [4.69, 9.17) is 4.52 Å². The van der Waals surface area contributed by atoms with Crippen LogP contribution in [0, 0.1) is 26.7 Å². The first kappa shape index (κ1) is 21.4. The summed E-state index contributed by atoms with van der Waals surface area (Å²) in [6.45, 7) is 9.89. The molecule has 7 heteroatoms. The predicted molar refractivity (Wildman–Crippen MR) is 116 cm³/mol. The van der Waals surface area contributed by atoms with E-state index in [-0.39, 0.29) is 17.7 Å². The number of rotatable bonds is 7. The maximum Gasteiger partial charge on any atom is 0.253 e. The summed E-state index contributed by atoms with van der Waals surface area (Å²) in [5.74, 6) is 1.16. The van der Waals surface area contributed by atoms with Crippen molar-refractivity contribution >= 4 is 17.5 Å². The van der Waals surface area contributed by atoms with Gasteiger partial charge in [0.15, 0.2) is 5.82 Å². The molecule has 2 heterocycles. The topological polar surface area (TPSA) is 89.2 Å². The van der Waals surface area contributed by atoms with Gasteiger partial charge in [-0.1, -0.05) is 31.1 Å². The lowest BCUT2D eigenvalue weighted by molar-refractivity contribution is -0.119. The molecule has 3 aromatic rings. The van der Waals surface area contributed by atoms with Gasteiger partial charge in [0.25, 0.3) is 5.91 Å².